The Morgan fingerprint density at radius 3 is 2.19 bits per heavy atom. The molecule has 3 aromatic rings. The number of ether oxygens (including phenoxy) is 3. The Hall–Kier alpha value is -3.65. The molecule has 3 atom stereocenters. The molecule has 0 N–H and O–H groups in total. The summed E-state index contributed by atoms with van der Waals surface area (Å²) in [5, 5.41) is -0.143. The quantitative estimate of drug-likeness (QED) is 0.186. The third-order valence-corrected chi connectivity index (χ3v) is 6.81. The van der Waals surface area contributed by atoms with Gasteiger partial charge in [-0.1, -0.05) is 55.5 Å². The van der Waals surface area contributed by atoms with Crippen LogP contribution in [0.1, 0.15) is 48.5 Å². The molecule has 0 aliphatic carbocycles. The second-order valence-corrected chi connectivity index (χ2v) is 9.43. The summed E-state index contributed by atoms with van der Waals surface area (Å²) < 4.78 is 16.2. The van der Waals surface area contributed by atoms with Crippen molar-refractivity contribution >= 4 is 29.5 Å². The molecule has 3 rings (SSSR count). The van der Waals surface area contributed by atoms with Gasteiger partial charge < -0.3 is 14.2 Å². The van der Waals surface area contributed by atoms with E-state index in [1.165, 1.54) is 26.3 Å². The molecule has 0 radical (unpaired) electrons. The third kappa shape index (κ3) is 7.18. The highest BCUT2D eigenvalue weighted by molar-refractivity contribution is 7.99. The summed E-state index contributed by atoms with van der Waals surface area (Å²) in [6.45, 7) is 4.70. The highest BCUT2D eigenvalue weighted by atomic mass is 32.2. The average Bonchev–Trinajstić information content (AvgIpc) is 2.88. The molecule has 0 unspecified atom stereocenters. The zero-order valence-corrected chi connectivity index (χ0v) is 21.5. The topological polar surface area (TPSA) is 91.8 Å². The Morgan fingerprint density at radius 1 is 0.944 bits per heavy atom. The number of ketones is 1. The van der Waals surface area contributed by atoms with Gasteiger partial charge >= 0.3 is 11.9 Å². The SMILES string of the molecule is COc1ccnc(C(=O)C[C@@H](C)C(=O)O[C@@H](C)[C@H](Sc2ccccc2)c2ccccc2)c1OC(C)=O. The summed E-state index contributed by atoms with van der Waals surface area (Å²) in [4.78, 5) is 42.6. The number of carbonyl (C=O) groups is 3. The lowest BCUT2D eigenvalue weighted by molar-refractivity contribution is -0.152. The van der Waals surface area contributed by atoms with E-state index >= 15 is 0 Å². The number of hydrogen-bond donors (Lipinski definition) is 0. The van der Waals surface area contributed by atoms with Gasteiger partial charge in [-0.25, -0.2) is 4.98 Å². The number of pyridine rings is 1. The first-order chi connectivity index (χ1) is 17.3. The molecule has 0 bridgehead atoms. The van der Waals surface area contributed by atoms with Crippen LogP contribution < -0.4 is 9.47 Å². The highest BCUT2D eigenvalue weighted by Gasteiger charge is 2.29. The fourth-order valence-electron chi connectivity index (χ4n) is 3.57. The number of benzene rings is 2. The third-order valence-electron chi connectivity index (χ3n) is 5.35. The van der Waals surface area contributed by atoms with Gasteiger partial charge in [-0.15, -0.1) is 11.8 Å². The smallest absolute Gasteiger partial charge is 0.309 e. The Labute approximate surface area is 215 Å². The molecule has 0 saturated carbocycles. The predicted molar refractivity (Wildman–Crippen MR) is 137 cm³/mol. The number of rotatable bonds is 11. The number of hydrogen-bond acceptors (Lipinski definition) is 8. The molecule has 0 saturated heterocycles. The molecule has 0 amide bonds. The molecular weight excluding hydrogens is 478 g/mol. The lowest BCUT2D eigenvalue weighted by atomic mass is 10.0. The van der Waals surface area contributed by atoms with Crippen LogP contribution in [0.4, 0.5) is 0 Å². The van der Waals surface area contributed by atoms with E-state index in [0.717, 1.165) is 10.5 Å². The van der Waals surface area contributed by atoms with Crippen LogP contribution in [0.25, 0.3) is 0 Å². The van der Waals surface area contributed by atoms with Crippen molar-refractivity contribution in [2.45, 2.75) is 43.4 Å². The van der Waals surface area contributed by atoms with E-state index in [1.807, 2.05) is 67.6 Å². The zero-order chi connectivity index (χ0) is 26.1. The Morgan fingerprint density at radius 2 is 1.58 bits per heavy atom. The molecule has 1 aromatic heterocycles. The maximum Gasteiger partial charge on any atom is 0.309 e. The Balaban J connectivity index is 1.72. The van der Waals surface area contributed by atoms with Crippen molar-refractivity contribution in [3.8, 4) is 11.5 Å². The minimum Gasteiger partial charge on any atom is -0.493 e. The number of methoxy groups -OCH3 is 1. The molecule has 0 aliphatic heterocycles. The Kier molecular flexibility index (Phi) is 9.64. The summed E-state index contributed by atoms with van der Waals surface area (Å²) in [6.07, 6.45) is 0.756. The van der Waals surface area contributed by atoms with Crippen LogP contribution >= 0.6 is 11.8 Å². The number of esters is 2. The fourth-order valence-corrected chi connectivity index (χ4v) is 4.72. The molecule has 0 fully saturated rings. The van der Waals surface area contributed by atoms with Crippen LogP contribution in [0.15, 0.2) is 77.8 Å². The van der Waals surface area contributed by atoms with E-state index in [2.05, 4.69) is 4.98 Å². The van der Waals surface area contributed by atoms with Crippen LogP contribution in [0.5, 0.6) is 11.5 Å². The van der Waals surface area contributed by atoms with E-state index in [4.69, 9.17) is 14.2 Å². The molecule has 0 spiro atoms. The summed E-state index contributed by atoms with van der Waals surface area (Å²) in [5.74, 6) is -2.16. The first-order valence-corrected chi connectivity index (χ1v) is 12.4. The van der Waals surface area contributed by atoms with Crippen LogP contribution in [0.3, 0.4) is 0 Å². The highest BCUT2D eigenvalue weighted by Crippen LogP contribution is 2.39. The minimum absolute atomic E-state index is 0.0603. The normalized spacial score (nSPS) is 13.2. The van der Waals surface area contributed by atoms with E-state index in [9.17, 15) is 14.4 Å². The number of aromatic nitrogens is 1. The van der Waals surface area contributed by atoms with Crippen LogP contribution in [-0.2, 0) is 14.3 Å². The van der Waals surface area contributed by atoms with Crippen molar-refractivity contribution in [3.05, 3.63) is 84.2 Å². The number of nitrogens with zero attached hydrogens (tertiary/aromatic N) is 1. The zero-order valence-electron chi connectivity index (χ0n) is 20.7. The molecule has 188 valence electrons. The monoisotopic (exact) mass is 507 g/mol. The van der Waals surface area contributed by atoms with Gasteiger partial charge in [-0.3, -0.25) is 14.4 Å². The van der Waals surface area contributed by atoms with Crippen molar-refractivity contribution < 1.29 is 28.6 Å². The summed E-state index contributed by atoms with van der Waals surface area (Å²) in [7, 11) is 1.40. The van der Waals surface area contributed by atoms with Gasteiger partial charge in [-0.05, 0) is 24.6 Å². The second kappa shape index (κ2) is 12.9. The summed E-state index contributed by atoms with van der Waals surface area (Å²) >= 11 is 1.61. The standard InChI is InChI=1S/C28H29NO6S/c1-18(17-23(31)25-26(35-20(3)30)24(33-4)15-16-29-25)28(32)34-19(2)27(21-11-7-5-8-12-21)36-22-13-9-6-10-14-22/h5-16,18-19,27H,17H2,1-4H3/t18-,19+,27+/m1/s1. The summed E-state index contributed by atoms with van der Waals surface area (Å²) in [5.41, 5.74) is 0.959. The van der Waals surface area contributed by atoms with Gasteiger partial charge in [0, 0.05) is 30.5 Å². The largest absolute Gasteiger partial charge is 0.493 e. The van der Waals surface area contributed by atoms with Crippen molar-refractivity contribution in [3.63, 3.8) is 0 Å². The van der Waals surface area contributed by atoms with Crippen LogP contribution in [-0.4, -0.2) is 35.9 Å². The van der Waals surface area contributed by atoms with Gasteiger partial charge in [0.2, 0.25) is 5.75 Å². The molecule has 8 heteroatoms. The maximum absolute atomic E-state index is 13.0. The number of Topliss-reactive ketones (excluding diaryl/α,β-unsaturated/α-hetero) is 1. The van der Waals surface area contributed by atoms with Gasteiger partial charge in [-0.2, -0.15) is 0 Å². The first kappa shape index (κ1) is 26.9. The van der Waals surface area contributed by atoms with Crippen LogP contribution in [0.2, 0.25) is 0 Å². The predicted octanol–water partition coefficient (Wildman–Crippen LogP) is 5.69. The summed E-state index contributed by atoms with van der Waals surface area (Å²) in [6, 6.07) is 21.2. The van der Waals surface area contributed by atoms with Crippen molar-refractivity contribution in [2.75, 3.05) is 7.11 Å². The molecule has 36 heavy (non-hydrogen) atoms. The van der Waals surface area contributed by atoms with Crippen LogP contribution in [0, 0.1) is 5.92 Å². The molecule has 7 nitrogen and oxygen atoms in total. The Bertz CT molecular complexity index is 1190. The van der Waals surface area contributed by atoms with Gasteiger partial charge in [0.05, 0.1) is 18.3 Å². The fraction of sp³-hybridized carbons (Fsp3) is 0.286. The van der Waals surface area contributed by atoms with Crippen molar-refractivity contribution in [1.82, 2.24) is 4.98 Å². The maximum atomic E-state index is 13.0. The van der Waals surface area contributed by atoms with E-state index in [1.54, 1.807) is 18.7 Å². The lowest BCUT2D eigenvalue weighted by Gasteiger charge is -2.25. The van der Waals surface area contributed by atoms with Crippen molar-refractivity contribution in [1.29, 1.82) is 0 Å². The second-order valence-electron chi connectivity index (χ2n) is 8.22. The van der Waals surface area contributed by atoms with Gasteiger partial charge in [0.1, 0.15) is 6.10 Å². The lowest BCUT2D eigenvalue weighted by Crippen LogP contribution is -2.26. The van der Waals surface area contributed by atoms with E-state index in [0.29, 0.717) is 0 Å². The number of thioether (sulfide) groups is 1. The molecule has 0 aliphatic rings. The minimum atomic E-state index is -0.740. The molecular formula is C28H29NO6S. The van der Waals surface area contributed by atoms with E-state index < -0.39 is 29.7 Å². The average molecular weight is 508 g/mol. The van der Waals surface area contributed by atoms with Gasteiger partial charge in [0.25, 0.3) is 0 Å². The van der Waals surface area contributed by atoms with Gasteiger partial charge in [0.15, 0.2) is 17.2 Å². The molecule has 1 heterocycles. The number of carbonyl (C=O) groups excluding carboxylic acids is 3. The first-order valence-electron chi connectivity index (χ1n) is 11.5. The van der Waals surface area contributed by atoms with Crippen molar-refractivity contribution in [2.24, 2.45) is 5.92 Å². The van der Waals surface area contributed by atoms with E-state index in [-0.39, 0.29) is 28.9 Å². The molecule has 2 aromatic carbocycles.